The fraction of sp³-hybridized carbons (Fsp3) is 0.519. The lowest BCUT2D eigenvalue weighted by Gasteiger charge is -2.26. The molecule has 192 valence electrons. The summed E-state index contributed by atoms with van der Waals surface area (Å²) in [5.74, 6) is 2.36. The molecule has 2 aliphatic heterocycles. The number of hydrogen-bond donors (Lipinski definition) is 0. The van der Waals surface area contributed by atoms with Crippen LogP contribution in [0.4, 0.5) is 5.82 Å². The highest BCUT2D eigenvalue weighted by Crippen LogP contribution is 2.37. The number of rotatable bonds is 2. The maximum absolute atomic E-state index is 12.3. The van der Waals surface area contributed by atoms with E-state index in [1.807, 2.05) is 6.92 Å². The predicted octanol–water partition coefficient (Wildman–Crippen LogP) is 4.96. The Bertz CT molecular complexity index is 1240. The highest BCUT2D eigenvalue weighted by atomic mass is 32.1. The molecule has 8 nitrogen and oxygen atoms in total. The number of esters is 1. The van der Waals surface area contributed by atoms with Gasteiger partial charge < -0.3 is 24.0 Å². The molecule has 3 aromatic rings. The van der Waals surface area contributed by atoms with Gasteiger partial charge in [-0.25, -0.2) is 14.8 Å². The average Bonchev–Trinajstić information content (AvgIpc) is 3.48. The maximum Gasteiger partial charge on any atom is 0.348 e. The number of carbonyl (C=O) groups is 1. The molecule has 0 fully saturated rings. The third-order valence-corrected chi connectivity index (χ3v) is 8.28. The van der Waals surface area contributed by atoms with Gasteiger partial charge in [0.15, 0.2) is 11.5 Å². The van der Waals surface area contributed by atoms with Gasteiger partial charge >= 0.3 is 5.97 Å². The number of ether oxygens (including phenoxy) is 3. The first kappa shape index (κ1) is 24.8. The molecule has 2 aliphatic rings. The number of nitrogens with zero attached hydrogens (tertiary/aromatic N) is 4. The summed E-state index contributed by atoms with van der Waals surface area (Å²) in [6.45, 7) is 6.07. The minimum absolute atomic E-state index is 0.310. The van der Waals surface area contributed by atoms with Crippen molar-refractivity contribution in [2.45, 2.75) is 52.0 Å². The average molecular weight is 511 g/mol. The smallest absolute Gasteiger partial charge is 0.348 e. The van der Waals surface area contributed by atoms with Crippen molar-refractivity contribution in [3.8, 4) is 11.5 Å². The van der Waals surface area contributed by atoms with Crippen molar-refractivity contribution in [3.05, 3.63) is 40.0 Å². The molecular formula is C27H34N4O4S. The second-order valence-corrected chi connectivity index (χ2v) is 10.6. The first-order valence-electron chi connectivity index (χ1n) is 12.7. The normalized spacial score (nSPS) is 17.6. The molecule has 36 heavy (non-hydrogen) atoms. The van der Waals surface area contributed by atoms with Crippen LogP contribution in [0.2, 0.25) is 0 Å². The number of hydrogen-bond acceptors (Lipinski definition) is 9. The van der Waals surface area contributed by atoms with Crippen LogP contribution >= 0.6 is 11.3 Å². The van der Waals surface area contributed by atoms with Crippen molar-refractivity contribution in [1.29, 1.82) is 0 Å². The van der Waals surface area contributed by atoms with Gasteiger partial charge in [-0.1, -0.05) is 6.42 Å². The topological polar surface area (TPSA) is 77.0 Å². The van der Waals surface area contributed by atoms with Crippen molar-refractivity contribution in [1.82, 2.24) is 14.9 Å². The van der Waals surface area contributed by atoms with Crippen LogP contribution in [0.1, 0.15) is 58.5 Å². The van der Waals surface area contributed by atoms with Gasteiger partial charge in [-0.3, -0.25) is 0 Å². The minimum Gasteiger partial charge on any atom is -0.465 e. The zero-order valence-electron chi connectivity index (χ0n) is 21.3. The number of benzene rings is 1. The molecule has 0 saturated heterocycles. The number of thiophene rings is 1. The van der Waals surface area contributed by atoms with E-state index in [1.54, 1.807) is 6.33 Å². The second kappa shape index (κ2) is 11.0. The molecule has 0 N–H and O–H groups in total. The first-order chi connectivity index (χ1) is 17.5. The molecule has 0 spiro atoms. The van der Waals surface area contributed by atoms with Crippen LogP contribution in [0.15, 0.2) is 18.5 Å². The summed E-state index contributed by atoms with van der Waals surface area (Å²) in [6, 6.07) is 4.35. The molecule has 2 aromatic heterocycles. The van der Waals surface area contributed by atoms with Crippen LogP contribution in [0.3, 0.4) is 0 Å². The fourth-order valence-corrected chi connectivity index (χ4v) is 6.22. The zero-order chi connectivity index (χ0) is 25.1. The van der Waals surface area contributed by atoms with Gasteiger partial charge in [0.05, 0.1) is 12.5 Å². The summed E-state index contributed by atoms with van der Waals surface area (Å²) in [6.07, 6.45) is 8.14. The van der Waals surface area contributed by atoms with E-state index in [1.165, 1.54) is 29.6 Å². The van der Waals surface area contributed by atoms with Gasteiger partial charge in [-0.15, -0.1) is 11.3 Å². The number of methoxy groups -OCH3 is 1. The van der Waals surface area contributed by atoms with E-state index in [-0.39, 0.29) is 5.97 Å². The number of fused-ring (bicyclic) bond motifs is 3. The van der Waals surface area contributed by atoms with E-state index in [2.05, 4.69) is 34.0 Å². The third-order valence-electron chi connectivity index (χ3n) is 7.10. The molecule has 0 radical (unpaired) electrons. The molecule has 0 bridgehead atoms. The van der Waals surface area contributed by atoms with E-state index in [0.717, 1.165) is 97.8 Å². The van der Waals surface area contributed by atoms with Gasteiger partial charge in [0.25, 0.3) is 0 Å². The quantitative estimate of drug-likeness (QED) is 0.448. The van der Waals surface area contributed by atoms with Crippen LogP contribution in [0, 0.1) is 6.92 Å². The van der Waals surface area contributed by atoms with Gasteiger partial charge in [-0.05, 0) is 81.4 Å². The van der Waals surface area contributed by atoms with Crippen molar-refractivity contribution >= 4 is 33.3 Å². The molecule has 0 saturated carbocycles. The van der Waals surface area contributed by atoms with E-state index >= 15 is 0 Å². The van der Waals surface area contributed by atoms with Crippen LogP contribution < -0.4 is 14.4 Å². The lowest BCUT2D eigenvalue weighted by Crippen LogP contribution is -2.28. The highest BCUT2D eigenvalue weighted by Gasteiger charge is 2.23. The number of anilines is 1. The second-order valence-electron chi connectivity index (χ2n) is 9.64. The van der Waals surface area contributed by atoms with Gasteiger partial charge in [0.2, 0.25) is 6.79 Å². The van der Waals surface area contributed by atoms with Crippen LogP contribution in [-0.4, -0.2) is 61.4 Å². The SMILES string of the molecule is COC(=O)c1sc2ncnc(N3CCCCCc4cc5c(cc4CN(C)CCCC3)OCO5)c2c1C. The fourth-order valence-electron chi connectivity index (χ4n) is 5.16. The Morgan fingerprint density at radius 3 is 2.50 bits per heavy atom. The van der Waals surface area contributed by atoms with Crippen molar-refractivity contribution < 1.29 is 19.0 Å². The summed E-state index contributed by atoms with van der Waals surface area (Å²) < 4.78 is 16.3. The van der Waals surface area contributed by atoms with Gasteiger partial charge in [0.1, 0.15) is 21.9 Å². The molecule has 0 aliphatic carbocycles. The minimum atomic E-state index is -0.312. The predicted molar refractivity (Wildman–Crippen MR) is 141 cm³/mol. The third kappa shape index (κ3) is 5.13. The van der Waals surface area contributed by atoms with Crippen molar-refractivity contribution in [2.75, 3.05) is 45.5 Å². The Balaban J connectivity index is 1.36. The summed E-state index contributed by atoms with van der Waals surface area (Å²) in [5, 5.41) is 0.978. The lowest BCUT2D eigenvalue weighted by molar-refractivity contribution is 0.0605. The highest BCUT2D eigenvalue weighted by molar-refractivity contribution is 7.20. The summed E-state index contributed by atoms with van der Waals surface area (Å²) in [5.41, 5.74) is 3.62. The molecule has 1 aromatic carbocycles. The van der Waals surface area contributed by atoms with Crippen LogP contribution in [-0.2, 0) is 17.7 Å². The summed E-state index contributed by atoms with van der Waals surface area (Å²) in [7, 11) is 3.61. The molecule has 4 heterocycles. The summed E-state index contributed by atoms with van der Waals surface area (Å²) in [4.78, 5) is 27.7. The first-order valence-corrected chi connectivity index (χ1v) is 13.5. The van der Waals surface area contributed by atoms with E-state index in [9.17, 15) is 4.79 Å². The molecule has 5 rings (SSSR count). The van der Waals surface area contributed by atoms with E-state index in [0.29, 0.717) is 11.7 Å². The molecule has 0 amide bonds. The maximum atomic E-state index is 12.3. The largest absolute Gasteiger partial charge is 0.465 e. The molecule has 0 atom stereocenters. The Morgan fingerprint density at radius 2 is 1.72 bits per heavy atom. The van der Waals surface area contributed by atoms with E-state index in [4.69, 9.17) is 19.2 Å². The molecular weight excluding hydrogens is 476 g/mol. The van der Waals surface area contributed by atoms with E-state index < -0.39 is 0 Å². The Labute approximate surface area is 216 Å². The molecule has 9 heteroatoms. The lowest BCUT2D eigenvalue weighted by atomic mass is 9.99. The zero-order valence-corrected chi connectivity index (χ0v) is 22.2. The number of aryl methyl sites for hydroxylation is 2. The molecule has 0 unspecified atom stereocenters. The number of aromatic nitrogens is 2. The van der Waals surface area contributed by atoms with Crippen LogP contribution in [0.25, 0.3) is 10.2 Å². The number of carbonyl (C=O) groups excluding carboxylic acids is 1. The summed E-state index contributed by atoms with van der Waals surface area (Å²) >= 11 is 1.39. The Kier molecular flexibility index (Phi) is 7.57. The van der Waals surface area contributed by atoms with Crippen molar-refractivity contribution in [2.24, 2.45) is 0 Å². The Hall–Kier alpha value is -2.91. The Morgan fingerprint density at radius 1 is 1.00 bits per heavy atom. The van der Waals surface area contributed by atoms with Gasteiger partial charge in [-0.2, -0.15) is 0 Å². The standard InChI is InChI=1S/C27H34N4O4S/c1-18-23-25(28-16-29-26(23)36-24(18)27(32)33-3)31-11-6-4-5-9-19-13-21-22(35-17-34-21)14-20(19)15-30(2)10-7-8-12-31/h13-14,16H,4-12,15,17H2,1-3H3. The van der Waals surface area contributed by atoms with Crippen molar-refractivity contribution in [3.63, 3.8) is 0 Å². The van der Waals surface area contributed by atoms with Crippen LogP contribution in [0.5, 0.6) is 11.5 Å². The van der Waals surface area contributed by atoms with Gasteiger partial charge in [0, 0.05) is 19.6 Å². The monoisotopic (exact) mass is 510 g/mol.